The van der Waals surface area contributed by atoms with Gasteiger partial charge in [0.25, 0.3) is 5.91 Å². The van der Waals surface area contributed by atoms with E-state index in [0.29, 0.717) is 42.7 Å². The lowest BCUT2D eigenvalue weighted by Crippen LogP contribution is -2.30. The van der Waals surface area contributed by atoms with Crippen LogP contribution in [0.3, 0.4) is 0 Å². The number of aryl methyl sites for hydroxylation is 1. The number of nitrogens with one attached hydrogen (secondary N) is 1. The van der Waals surface area contributed by atoms with Crippen molar-refractivity contribution in [2.75, 3.05) is 26.3 Å². The summed E-state index contributed by atoms with van der Waals surface area (Å²) in [6.45, 7) is 4.49. The molecule has 2 aliphatic rings. The van der Waals surface area contributed by atoms with E-state index in [9.17, 15) is 4.79 Å². The minimum atomic E-state index is 0.00650. The number of carbonyl (C=O) groups excluding carboxylic acids is 1. The van der Waals surface area contributed by atoms with Gasteiger partial charge in [-0.1, -0.05) is 6.07 Å². The quantitative estimate of drug-likeness (QED) is 0.922. The van der Waals surface area contributed by atoms with Gasteiger partial charge in [0.2, 0.25) is 0 Å². The van der Waals surface area contributed by atoms with Gasteiger partial charge in [-0.05, 0) is 31.0 Å². The molecule has 0 spiro atoms. The summed E-state index contributed by atoms with van der Waals surface area (Å²) in [5.74, 6) is 1.55. The maximum absolute atomic E-state index is 12.9. The standard InChI is InChI=1S/C17H19N3O3/c1-11-9-18-19-15(11)12-5-6-20(10-12)17(21)13-3-2-4-14-16(13)23-8-7-22-14/h2-4,9,12H,5-8,10H2,1H3,(H,18,19). The lowest BCUT2D eigenvalue weighted by atomic mass is 10.0. The Morgan fingerprint density at radius 3 is 3.04 bits per heavy atom. The number of hydrogen-bond donors (Lipinski definition) is 1. The molecule has 2 aromatic rings. The fraction of sp³-hybridized carbons (Fsp3) is 0.412. The van der Waals surface area contributed by atoms with Crippen molar-refractivity contribution < 1.29 is 14.3 Å². The Morgan fingerprint density at radius 1 is 1.35 bits per heavy atom. The Hall–Kier alpha value is -2.50. The zero-order valence-electron chi connectivity index (χ0n) is 13.0. The van der Waals surface area contributed by atoms with Crippen LogP contribution in [0.5, 0.6) is 11.5 Å². The van der Waals surface area contributed by atoms with Crippen LogP contribution in [0.4, 0.5) is 0 Å². The van der Waals surface area contributed by atoms with Crippen LogP contribution in [0, 0.1) is 6.92 Å². The van der Waals surface area contributed by atoms with Crippen LogP contribution in [0.15, 0.2) is 24.4 Å². The fourth-order valence-electron chi connectivity index (χ4n) is 3.36. The minimum Gasteiger partial charge on any atom is -0.486 e. The Morgan fingerprint density at radius 2 is 2.22 bits per heavy atom. The first kappa shape index (κ1) is 14.1. The summed E-state index contributed by atoms with van der Waals surface area (Å²) in [4.78, 5) is 14.8. The molecule has 120 valence electrons. The smallest absolute Gasteiger partial charge is 0.257 e. The van der Waals surface area contributed by atoms with E-state index in [0.717, 1.165) is 24.2 Å². The van der Waals surface area contributed by atoms with Gasteiger partial charge in [0.1, 0.15) is 13.2 Å². The molecule has 1 N–H and O–H groups in total. The van der Waals surface area contributed by atoms with Crippen molar-refractivity contribution in [2.24, 2.45) is 0 Å². The van der Waals surface area contributed by atoms with Gasteiger partial charge in [0, 0.05) is 24.7 Å². The normalized spacial score (nSPS) is 19.9. The predicted octanol–water partition coefficient (Wildman–Crippen LogP) is 2.12. The van der Waals surface area contributed by atoms with Crippen molar-refractivity contribution in [2.45, 2.75) is 19.3 Å². The van der Waals surface area contributed by atoms with Crippen LogP contribution >= 0.6 is 0 Å². The van der Waals surface area contributed by atoms with Gasteiger partial charge in [-0.2, -0.15) is 5.10 Å². The first-order chi connectivity index (χ1) is 11.2. The average molecular weight is 313 g/mol. The highest BCUT2D eigenvalue weighted by Crippen LogP contribution is 2.36. The van der Waals surface area contributed by atoms with Gasteiger partial charge < -0.3 is 14.4 Å². The molecular formula is C17H19N3O3. The molecule has 3 heterocycles. The number of ether oxygens (including phenoxy) is 2. The summed E-state index contributed by atoms with van der Waals surface area (Å²) in [6, 6.07) is 5.49. The van der Waals surface area contributed by atoms with Crippen molar-refractivity contribution in [1.29, 1.82) is 0 Å². The number of nitrogens with zero attached hydrogens (tertiary/aromatic N) is 2. The maximum atomic E-state index is 12.9. The third-order valence-corrected chi connectivity index (χ3v) is 4.55. The molecule has 1 saturated heterocycles. The molecule has 1 amide bonds. The van der Waals surface area contributed by atoms with E-state index in [2.05, 4.69) is 10.2 Å². The molecule has 1 atom stereocenters. The van der Waals surface area contributed by atoms with Crippen LogP contribution in [-0.4, -0.2) is 47.3 Å². The minimum absolute atomic E-state index is 0.00650. The molecule has 4 rings (SSSR count). The molecule has 1 aromatic carbocycles. The Balaban J connectivity index is 1.56. The SMILES string of the molecule is Cc1cn[nH]c1C1CCN(C(=O)c2cccc3c2OCCO3)C1. The van der Waals surface area contributed by atoms with E-state index < -0.39 is 0 Å². The van der Waals surface area contributed by atoms with Gasteiger partial charge >= 0.3 is 0 Å². The van der Waals surface area contributed by atoms with E-state index in [-0.39, 0.29) is 5.91 Å². The summed E-state index contributed by atoms with van der Waals surface area (Å²) in [6.07, 6.45) is 2.78. The monoisotopic (exact) mass is 313 g/mol. The van der Waals surface area contributed by atoms with Crippen LogP contribution in [0.1, 0.15) is 34.0 Å². The summed E-state index contributed by atoms with van der Waals surface area (Å²) in [5, 5.41) is 7.15. The van der Waals surface area contributed by atoms with Crippen molar-refractivity contribution in [1.82, 2.24) is 15.1 Å². The first-order valence-electron chi connectivity index (χ1n) is 7.92. The molecule has 6 nitrogen and oxygen atoms in total. The van der Waals surface area contributed by atoms with E-state index in [4.69, 9.17) is 9.47 Å². The topological polar surface area (TPSA) is 67.5 Å². The van der Waals surface area contributed by atoms with E-state index in [1.54, 1.807) is 0 Å². The highest BCUT2D eigenvalue weighted by molar-refractivity contribution is 5.98. The van der Waals surface area contributed by atoms with Gasteiger partial charge in [0.15, 0.2) is 11.5 Å². The average Bonchev–Trinajstić information content (AvgIpc) is 3.22. The lowest BCUT2D eigenvalue weighted by Gasteiger charge is -2.23. The second kappa shape index (κ2) is 5.61. The number of benzene rings is 1. The highest BCUT2D eigenvalue weighted by atomic mass is 16.6. The van der Waals surface area contributed by atoms with E-state index >= 15 is 0 Å². The van der Waals surface area contributed by atoms with E-state index in [1.165, 1.54) is 0 Å². The number of hydrogen-bond acceptors (Lipinski definition) is 4. The number of carbonyl (C=O) groups is 1. The number of fused-ring (bicyclic) bond motifs is 1. The summed E-state index contributed by atoms with van der Waals surface area (Å²) in [5.41, 5.74) is 2.87. The number of aromatic amines is 1. The second-order valence-electron chi connectivity index (χ2n) is 6.03. The molecule has 1 aromatic heterocycles. The Labute approximate surface area is 134 Å². The van der Waals surface area contributed by atoms with Gasteiger partial charge in [0.05, 0.1) is 11.8 Å². The second-order valence-corrected chi connectivity index (χ2v) is 6.03. The maximum Gasteiger partial charge on any atom is 0.257 e. The predicted molar refractivity (Wildman–Crippen MR) is 84.0 cm³/mol. The molecule has 0 saturated carbocycles. The van der Waals surface area contributed by atoms with Crippen LogP contribution < -0.4 is 9.47 Å². The zero-order valence-corrected chi connectivity index (χ0v) is 13.0. The number of likely N-dealkylation sites (tertiary alicyclic amines) is 1. The molecule has 6 heteroatoms. The summed E-state index contributed by atoms with van der Waals surface area (Å²) < 4.78 is 11.2. The van der Waals surface area contributed by atoms with Crippen LogP contribution in [0.25, 0.3) is 0 Å². The molecule has 0 aliphatic carbocycles. The number of aromatic nitrogens is 2. The third-order valence-electron chi connectivity index (χ3n) is 4.55. The van der Waals surface area contributed by atoms with Crippen LogP contribution in [0.2, 0.25) is 0 Å². The molecule has 2 aliphatic heterocycles. The fourth-order valence-corrected chi connectivity index (χ4v) is 3.36. The number of para-hydroxylation sites is 1. The van der Waals surface area contributed by atoms with Crippen LogP contribution in [-0.2, 0) is 0 Å². The molecule has 0 radical (unpaired) electrons. The lowest BCUT2D eigenvalue weighted by molar-refractivity contribution is 0.0780. The van der Waals surface area contributed by atoms with Gasteiger partial charge in [-0.25, -0.2) is 0 Å². The van der Waals surface area contributed by atoms with Crippen molar-refractivity contribution in [3.63, 3.8) is 0 Å². The third kappa shape index (κ3) is 2.44. The van der Waals surface area contributed by atoms with Crippen molar-refractivity contribution in [3.05, 3.63) is 41.2 Å². The molecule has 1 unspecified atom stereocenters. The highest BCUT2D eigenvalue weighted by Gasteiger charge is 2.32. The van der Waals surface area contributed by atoms with Gasteiger partial charge in [-0.3, -0.25) is 9.89 Å². The Kier molecular flexibility index (Phi) is 3.44. The number of rotatable bonds is 2. The molecule has 0 bridgehead atoms. The van der Waals surface area contributed by atoms with Crippen molar-refractivity contribution >= 4 is 5.91 Å². The van der Waals surface area contributed by atoms with Gasteiger partial charge in [-0.15, -0.1) is 0 Å². The largest absolute Gasteiger partial charge is 0.486 e. The summed E-state index contributed by atoms with van der Waals surface area (Å²) >= 11 is 0. The number of H-pyrrole nitrogens is 1. The Bertz CT molecular complexity index is 740. The molecule has 1 fully saturated rings. The summed E-state index contributed by atoms with van der Waals surface area (Å²) in [7, 11) is 0. The molecule has 23 heavy (non-hydrogen) atoms. The van der Waals surface area contributed by atoms with Crippen molar-refractivity contribution in [3.8, 4) is 11.5 Å². The zero-order chi connectivity index (χ0) is 15.8. The first-order valence-corrected chi connectivity index (χ1v) is 7.92. The molecular weight excluding hydrogens is 294 g/mol. The van der Waals surface area contributed by atoms with E-state index in [1.807, 2.05) is 36.2 Å². The number of amides is 1.